The highest BCUT2D eigenvalue weighted by Crippen LogP contribution is 2.65. The number of aliphatic hydroxyl groups is 1. The van der Waals surface area contributed by atoms with E-state index in [0.717, 1.165) is 24.3 Å². The van der Waals surface area contributed by atoms with Crippen LogP contribution in [0.3, 0.4) is 0 Å². The summed E-state index contributed by atoms with van der Waals surface area (Å²) in [6.45, 7) is 8.56. The third-order valence-corrected chi connectivity index (χ3v) is 6.77. The molecule has 4 atom stereocenters. The zero-order chi connectivity index (χ0) is 13.6. The third-order valence-electron chi connectivity index (χ3n) is 5.65. The average molecular weight is 270 g/mol. The lowest BCUT2D eigenvalue weighted by Crippen LogP contribution is -2.33. The van der Waals surface area contributed by atoms with Crippen LogP contribution in [-0.4, -0.2) is 28.5 Å². The van der Waals surface area contributed by atoms with Gasteiger partial charge in [-0.25, -0.2) is 0 Å². The lowest BCUT2D eigenvalue weighted by Gasteiger charge is -2.32. The molecular weight excluding hydrogens is 244 g/mol. The number of hydrogen-bond donors (Lipinski definition) is 1. The van der Waals surface area contributed by atoms with Crippen LogP contribution in [0.5, 0.6) is 0 Å². The first kappa shape index (κ1) is 14.4. The molecule has 2 rings (SSSR count). The molecule has 0 unspecified atom stereocenters. The van der Waals surface area contributed by atoms with Gasteiger partial charge in [0.25, 0.3) is 0 Å². The van der Waals surface area contributed by atoms with Crippen molar-refractivity contribution in [1.82, 2.24) is 0 Å². The zero-order valence-corrected chi connectivity index (χ0v) is 12.8. The maximum atomic E-state index is 12.6. The Balaban J connectivity index is 1.94. The number of thioether (sulfide) groups is 1. The van der Waals surface area contributed by atoms with E-state index < -0.39 is 0 Å². The predicted molar refractivity (Wildman–Crippen MR) is 76.7 cm³/mol. The van der Waals surface area contributed by atoms with E-state index in [0.29, 0.717) is 11.7 Å². The molecule has 0 aliphatic heterocycles. The second kappa shape index (κ2) is 4.82. The first-order chi connectivity index (χ1) is 8.30. The molecule has 0 radical (unpaired) electrons. The second-order valence-corrected chi connectivity index (χ2v) is 8.03. The Kier molecular flexibility index (Phi) is 3.86. The lowest BCUT2D eigenvalue weighted by atomic mass is 9.70. The molecule has 18 heavy (non-hydrogen) atoms. The van der Waals surface area contributed by atoms with Crippen molar-refractivity contribution in [2.24, 2.45) is 22.7 Å². The molecule has 2 fully saturated rings. The molecule has 3 heteroatoms. The van der Waals surface area contributed by atoms with E-state index in [9.17, 15) is 9.90 Å². The van der Waals surface area contributed by atoms with E-state index in [4.69, 9.17) is 0 Å². The van der Waals surface area contributed by atoms with Gasteiger partial charge in [-0.1, -0.05) is 20.8 Å². The van der Waals surface area contributed by atoms with Gasteiger partial charge in [0.05, 0.1) is 6.10 Å². The Morgan fingerprint density at radius 3 is 2.61 bits per heavy atom. The van der Waals surface area contributed by atoms with Crippen LogP contribution in [0, 0.1) is 22.7 Å². The fourth-order valence-corrected chi connectivity index (χ4v) is 5.24. The summed E-state index contributed by atoms with van der Waals surface area (Å²) in [5.74, 6) is 3.26. The van der Waals surface area contributed by atoms with Gasteiger partial charge in [-0.15, -0.1) is 0 Å². The van der Waals surface area contributed by atoms with Crippen LogP contribution in [0.4, 0.5) is 0 Å². The van der Waals surface area contributed by atoms with Crippen molar-refractivity contribution in [3.8, 4) is 0 Å². The van der Waals surface area contributed by atoms with Crippen LogP contribution in [0.2, 0.25) is 0 Å². The van der Waals surface area contributed by atoms with Crippen molar-refractivity contribution in [1.29, 1.82) is 0 Å². The fourth-order valence-electron chi connectivity index (χ4n) is 3.93. The molecule has 2 saturated carbocycles. The number of aliphatic hydroxyl groups excluding tert-OH is 1. The maximum absolute atomic E-state index is 12.6. The highest BCUT2D eigenvalue weighted by atomic mass is 32.2. The lowest BCUT2D eigenvalue weighted by molar-refractivity contribution is -0.131. The van der Waals surface area contributed by atoms with Crippen LogP contribution in [0.15, 0.2) is 0 Å². The highest BCUT2D eigenvalue weighted by Gasteiger charge is 2.65. The summed E-state index contributed by atoms with van der Waals surface area (Å²) in [5, 5.41) is 9.25. The number of Topliss-reactive ketones (excluding diaryl/α,β-unsaturated/α-hetero) is 1. The quantitative estimate of drug-likeness (QED) is 0.780. The first-order valence-corrected chi connectivity index (χ1v) is 8.26. The minimum Gasteiger partial charge on any atom is -0.393 e. The van der Waals surface area contributed by atoms with Crippen LogP contribution in [-0.2, 0) is 4.79 Å². The van der Waals surface area contributed by atoms with Crippen LogP contribution in [0.1, 0.15) is 47.0 Å². The van der Waals surface area contributed by atoms with Gasteiger partial charge < -0.3 is 5.11 Å². The zero-order valence-electron chi connectivity index (χ0n) is 12.0. The number of carbonyl (C=O) groups is 1. The normalized spacial score (nSPS) is 39.3. The van der Waals surface area contributed by atoms with Crippen LogP contribution in [0.25, 0.3) is 0 Å². The van der Waals surface area contributed by atoms with Gasteiger partial charge in [-0.3, -0.25) is 4.79 Å². The minimum absolute atomic E-state index is 0.0762. The predicted octanol–water partition coefficient (Wildman–Crippen LogP) is 3.13. The number of fused-ring (bicyclic) bond motifs is 2. The van der Waals surface area contributed by atoms with Crippen molar-refractivity contribution in [3.63, 3.8) is 0 Å². The summed E-state index contributed by atoms with van der Waals surface area (Å²) in [4.78, 5) is 12.6. The Bertz CT molecular complexity index is 337. The van der Waals surface area contributed by atoms with Crippen molar-refractivity contribution in [2.75, 3.05) is 11.5 Å². The van der Waals surface area contributed by atoms with Crippen molar-refractivity contribution >= 4 is 17.5 Å². The number of hydrogen-bond acceptors (Lipinski definition) is 3. The molecule has 0 aromatic rings. The molecule has 104 valence electrons. The molecule has 2 aliphatic rings. The summed E-state index contributed by atoms with van der Waals surface area (Å²) < 4.78 is 0. The van der Waals surface area contributed by atoms with Gasteiger partial charge >= 0.3 is 0 Å². The Hall–Kier alpha value is -0.0200. The monoisotopic (exact) mass is 270 g/mol. The van der Waals surface area contributed by atoms with E-state index in [2.05, 4.69) is 20.8 Å². The number of ketones is 1. The minimum atomic E-state index is -0.220. The summed E-state index contributed by atoms with van der Waals surface area (Å²) in [6, 6.07) is 0. The summed E-state index contributed by atoms with van der Waals surface area (Å²) in [7, 11) is 0. The van der Waals surface area contributed by atoms with Gasteiger partial charge in [0.2, 0.25) is 0 Å². The van der Waals surface area contributed by atoms with Gasteiger partial charge in [-0.2, -0.15) is 11.8 Å². The summed E-state index contributed by atoms with van der Waals surface area (Å²) in [5.41, 5.74) is 0.104. The largest absolute Gasteiger partial charge is 0.393 e. The topological polar surface area (TPSA) is 37.3 Å². The van der Waals surface area contributed by atoms with E-state index in [1.807, 2.05) is 18.7 Å². The molecule has 1 N–H and O–H groups in total. The summed E-state index contributed by atoms with van der Waals surface area (Å²) >= 11 is 1.84. The van der Waals surface area contributed by atoms with E-state index in [-0.39, 0.29) is 22.9 Å². The standard InChI is InChI=1S/C15H26O2S/c1-10(16)6-8-18-9-11-12-5-7-15(4,13(11)17)14(12,2)3/h10-12,16H,5-9H2,1-4H3/t10-,11+,12-,15+/m1/s1. The molecular formula is C15H26O2S. The van der Waals surface area contributed by atoms with Crippen molar-refractivity contribution < 1.29 is 9.90 Å². The number of rotatable bonds is 5. The third kappa shape index (κ3) is 2.03. The van der Waals surface area contributed by atoms with E-state index >= 15 is 0 Å². The van der Waals surface area contributed by atoms with Crippen LogP contribution >= 0.6 is 11.8 Å². The molecule has 0 heterocycles. The molecule has 0 aromatic heterocycles. The Morgan fingerprint density at radius 2 is 2.11 bits per heavy atom. The van der Waals surface area contributed by atoms with E-state index in [1.165, 1.54) is 6.42 Å². The molecule has 2 aliphatic carbocycles. The molecule has 0 amide bonds. The molecule has 0 saturated heterocycles. The highest BCUT2D eigenvalue weighted by molar-refractivity contribution is 7.99. The summed E-state index contributed by atoms with van der Waals surface area (Å²) in [6.07, 6.45) is 2.91. The van der Waals surface area contributed by atoms with Gasteiger partial charge in [0, 0.05) is 17.1 Å². The maximum Gasteiger partial charge on any atom is 0.143 e. The molecule has 2 nitrogen and oxygen atoms in total. The van der Waals surface area contributed by atoms with Gasteiger partial charge in [0.15, 0.2) is 0 Å². The number of carbonyl (C=O) groups excluding carboxylic acids is 1. The first-order valence-electron chi connectivity index (χ1n) is 7.11. The van der Waals surface area contributed by atoms with Crippen molar-refractivity contribution in [2.45, 2.75) is 53.1 Å². The molecule has 2 bridgehead atoms. The SMILES string of the molecule is C[C@@H](O)CCSC[C@@H]1C(=O)[C@]2(C)CC[C@H]1C2(C)C. The Morgan fingerprint density at radius 1 is 1.44 bits per heavy atom. The molecule has 0 spiro atoms. The van der Waals surface area contributed by atoms with Crippen molar-refractivity contribution in [3.05, 3.63) is 0 Å². The Labute approximate surface area is 115 Å². The molecule has 0 aromatic carbocycles. The second-order valence-electron chi connectivity index (χ2n) is 6.88. The fraction of sp³-hybridized carbons (Fsp3) is 0.933. The average Bonchev–Trinajstić information content (AvgIpc) is 2.57. The smallest absolute Gasteiger partial charge is 0.143 e. The van der Waals surface area contributed by atoms with Crippen LogP contribution < -0.4 is 0 Å². The van der Waals surface area contributed by atoms with Gasteiger partial charge in [0.1, 0.15) is 5.78 Å². The van der Waals surface area contributed by atoms with E-state index in [1.54, 1.807) is 0 Å². The van der Waals surface area contributed by atoms with Gasteiger partial charge in [-0.05, 0) is 43.3 Å².